The van der Waals surface area contributed by atoms with E-state index in [9.17, 15) is 8.42 Å². The molecule has 82 valence electrons. The van der Waals surface area contributed by atoms with E-state index in [4.69, 9.17) is 17.3 Å². The first-order valence-electron chi connectivity index (χ1n) is 4.59. The van der Waals surface area contributed by atoms with Gasteiger partial charge >= 0.3 is 0 Å². The number of pyridine rings is 1. The molecule has 0 radical (unpaired) electrons. The van der Waals surface area contributed by atoms with E-state index in [1.54, 1.807) is 12.3 Å². The number of nitrogens with two attached hydrogens (primary N) is 1. The Hall–Kier alpha value is -0.810. The minimum absolute atomic E-state index is 0.0158. The summed E-state index contributed by atoms with van der Waals surface area (Å²) in [5.74, 6) is 0.456. The fourth-order valence-corrected chi connectivity index (χ4v) is 3.65. The van der Waals surface area contributed by atoms with Gasteiger partial charge in [0, 0.05) is 12.1 Å². The van der Waals surface area contributed by atoms with Gasteiger partial charge in [0.05, 0.1) is 17.2 Å². The lowest BCUT2D eigenvalue weighted by Gasteiger charge is -2.08. The number of aromatic nitrogens is 1. The van der Waals surface area contributed by atoms with Gasteiger partial charge in [-0.2, -0.15) is 0 Å². The van der Waals surface area contributed by atoms with Crippen LogP contribution in [0, 0.1) is 0 Å². The molecule has 0 amide bonds. The number of rotatable bonds is 1. The lowest BCUT2D eigenvalue weighted by Crippen LogP contribution is -2.04. The van der Waals surface area contributed by atoms with Crippen LogP contribution in [0.5, 0.6) is 0 Å². The van der Waals surface area contributed by atoms with Gasteiger partial charge in [-0.25, -0.2) is 13.4 Å². The second-order valence-electron chi connectivity index (χ2n) is 3.75. The molecule has 1 aliphatic rings. The monoisotopic (exact) mass is 246 g/mol. The Morgan fingerprint density at radius 2 is 2.27 bits per heavy atom. The topological polar surface area (TPSA) is 73.1 Å². The average Bonchev–Trinajstić information content (AvgIpc) is 2.51. The Morgan fingerprint density at radius 3 is 2.80 bits per heavy atom. The Kier molecular flexibility index (Phi) is 2.60. The zero-order valence-electron chi connectivity index (χ0n) is 7.98. The minimum Gasteiger partial charge on any atom is -0.396 e. The van der Waals surface area contributed by atoms with Crippen molar-refractivity contribution in [1.82, 2.24) is 4.98 Å². The molecule has 1 unspecified atom stereocenters. The van der Waals surface area contributed by atoms with Crippen molar-refractivity contribution in [2.75, 3.05) is 17.2 Å². The normalized spacial score (nSPS) is 24.2. The van der Waals surface area contributed by atoms with E-state index in [1.807, 2.05) is 0 Å². The predicted octanol–water partition coefficient (Wildman–Crippen LogP) is 1.22. The van der Waals surface area contributed by atoms with Gasteiger partial charge in [0.15, 0.2) is 15.0 Å². The highest BCUT2D eigenvalue weighted by atomic mass is 35.5. The largest absolute Gasteiger partial charge is 0.396 e. The number of anilines is 1. The Labute approximate surface area is 93.4 Å². The fraction of sp³-hybridized carbons (Fsp3) is 0.444. The number of sulfone groups is 1. The summed E-state index contributed by atoms with van der Waals surface area (Å²) >= 11 is 5.69. The number of hydrogen-bond donors (Lipinski definition) is 1. The first-order chi connectivity index (χ1) is 6.98. The molecule has 1 saturated heterocycles. The van der Waals surface area contributed by atoms with Crippen molar-refractivity contribution >= 4 is 27.1 Å². The van der Waals surface area contributed by atoms with Crippen LogP contribution >= 0.6 is 11.6 Å². The summed E-state index contributed by atoms with van der Waals surface area (Å²) in [5, 5.41) is 0.264. The zero-order chi connectivity index (χ0) is 11.1. The van der Waals surface area contributed by atoms with Crippen LogP contribution < -0.4 is 5.73 Å². The lowest BCUT2D eigenvalue weighted by molar-refractivity contribution is 0.601. The molecule has 1 fully saturated rings. The van der Waals surface area contributed by atoms with Crippen LogP contribution in [-0.2, 0) is 9.84 Å². The van der Waals surface area contributed by atoms with E-state index in [1.165, 1.54) is 0 Å². The van der Waals surface area contributed by atoms with Crippen molar-refractivity contribution in [3.63, 3.8) is 0 Å². The second kappa shape index (κ2) is 3.64. The molecule has 1 aliphatic heterocycles. The molecule has 0 saturated carbocycles. The Morgan fingerprint density at radius 1 is 1.53 bits per heavy atom. The number of nitrogens with zero attached hydrogens (tertiary/aromatic N) is 1. The summed E-state index contributed by atoms with van der Waals surface area (Å²) in [4.78, 5) is 3.92. The smallest absolute Gasteiger partial charge is 0.151 e. The molecule has 1 aromatic heterocycles. The van der Waals surface area contributed by atoms with E-state index in [2.05, 4.69) is 4.98 Å². The van der Waals surface area contributed by atoms with Gasteiger partial charge in [-0.05, 0) is 18.1 Å². The average molecular weight is 247 g/mol. The fourth-order valence-electron chi connectivity index (χ4n) is 1.76. The SMILES string of the molecule is Nc1cc(C2CCS(=O)(=O)C2)cnc1Cl. The van der Waals surface area contributed by atoms with Crippen LogP contribution in [0.1, 0.15) is 17.9 Å². The number of hydrogen-bond acceptors (Lipinski definition) is 4. The highest BCUT2D eigenvalue weighted by Gasteiger charge is 2.29. The van der Waals surface area contributed by atoms with E-state index in [0.717, 1.165) is 5.56 Å². The molecule has 0 spiro atoms. The van der Waals surface area contributed by atoms with Crippen LogP contribution in [0.25, 0.3) is 0 Å². The highest BCUT2D eigenvalue weighted by Crippen LogP contribution is 2.30. The third kappa shape index (κ3) is 2.23. The molecule has 6 heteroatoms. The molecule has 1 aromatic rings. The summed E-state index contributed by atoms with van der Waals surface area (Å²) in [6.45, 7) is 0. The van der Waals surface area contributed by atoms with E-state index >= 15 is 0 Å². The molecule has 2 heterocycles. The zero-order valence-corrected chi connectivity index (χ0v) is 9.55. The molecular weight excluding hydrogens is 236 g/mol. The van der Waals surface area contributed by atoms with Crippen molar-refractivity contribution in [3.8, 4) is 0 Å². The third-order valence-electron chi connectivity index (χ3n) is 2.59. The molecule has 4 nitrogen and oxygen atoms in total. The maximum absolute atomic E-state index is 11.3. The molecule has 0 bridgehead atoms. The van der Waals surface area contributed by atoms with Crippen LogP contribution in [0.2, 0.25) is 5.15 Å². The van der Waals surface area contributed by atoms with Crippen LogP contribution in [-0.4, -0.2) is 24.9 Å². The molecule has 2 rings (SSSR count). The molecule has 1 atom stereocenters. The van der Waals surface area contributed by atoms with Gasteiger partial charge in [-0.1, -0.05) is 11.6 Å². The summed E-state index contributed by atoms with van der Waals surface area (Å²) in [7, 11) is -2.87. The van der Waals surface area contributed by atoms with Gasteiger partial charge in [-0.15, -0.1) is 0 Å². The van der Waals surface area contributed by atoms with E-state index < -0.39 is 9.84 Å². The van der Waals surface area contributed by atoms with Gasteiger partial charge in [0.2, 0.25) is 0 Å². The van der Waals surface area contributed by atoms with Gasteiger partial charge < -0.3 is 5.73 Å². The lowest BCUT2D eigenvalue weighted by atomic mass is 10.0. The molecule has 2 N–H and O–H groups in total. The quantitative estimate of drug-likeness (QED) is 0.757. The van der Waals surface area contributed by atoms with Crippen LogP contribution in [0.3, 0.4) is 0 Å². The van der Waals surface area contributed by atoms with Gasteiger partial charge in [0.1, 0.15) is 0 Å². The Balaban J connectivity index is 2.28. The third-order valence-corrected chi connectivity index (χ3v) is 4.67. The maximum Gasteiger partial charge on any atom is 0.151 e. The van der Waals surface area contributed by atoms with Crippen molar-refractivity contribution in [3.05, 3.63) is 23.0 Å². The van der Waals surface area contributed by atoms with Crippen LogP contribution in [0.15, 0.2) is 12.3 Å². The molecule has 0 aromatic carbocycles. The molecule has 0 aliphatic carbocycles. The number of halogens is 1. The summed E-state index contributed by atoms with van der Waals surface area (Å²) in [6.07, 6.45) is 2.25. The first kappa shape index (κ1) is 10.7. The summed E-state index contributed by atoms with van der Waals surface area (Å²) < 4.78 is 22.6. The van der Waals surface area contributed by atoms with Crippen molar-refractivity contribution < 1.29 is 8.42 Å². The predicted molar refractivity (Wildman–Crippen MR) is 59.7 cm³/mol. The molecule has 15 heavy (non-hydrogen) atoms. The maximum atomic E-state index is 11.3. The van der Waals surface area contributed by atoms with Crippen LogP contribution in [0.4, 0.5) is 5.69 Å². The van der Waals surface area contributed by atoms with Crippen molar-refractivity contribution in [2.45, 2.75) is 12.3 Å². The van der Waals surface area contributed by atoms with Gasteiger partial charge in [-0.3, -0.25) is 0 Å². The number of nitrogen functional groups attached to an aromatic ring is 1. The minimum atomic E-state index is -2.87. The standard InChI is InChI=1S/C9H11ClN2O2S/c10-9-8(11)3-7(4-12-9)6-1-2-15(13,14)5-6/h3-4,6H,1-2,5,11H2. The Bertz CT molecular complexity index is 487. The van der Waals surface area contributed by atoms with Crippen molar-refractivity contribution in [2.24, 2.45) is 0 Å². The second-order valence-corrected chi connectivity index (χ2v) is 6.34. The highest BCUT2D eigenvalue weighted by molar-refractivity contribution is 7.91. The van der Waals surface area contributed by atoms with E-state index in [0.29, 0.717) is 12.1 Å². The summed E-state index contributed by atoms with van der Waals surface area (Å²) in [5.41, 5.74) is 6.87. The summed E-state index contributed by atoms with van der Waals surface area (Å²) in [6, 6.07) is 1.71. The van der Waals surface area contributed by atoms with E-state index in [-0.39, 0.29) is 22.6 Å². The van der Waals surface area contributed by atoms with Gasteiger partial charge in [0.25, 0.3) is 0 Å². The first-order valence-corrected chi connectivity index (χ1v) is 6.79. The molecular formula is C9H11ClN2O2S. The van der Waals surface area contributed by atoms with Crippen molar-refractivity contribution in [1.29, 1.82) is 0 Å².